The van der Waals surface area contributed by atoms with Gasteiger partial charge in [-0.25, -0.2) is 0 Å². The molecule has 48 heavy (non-hydrogen) atoms. The van der Waals surface area contributed by atoms with Gasteiger partial charge in [-0.05, 0) is 0 Å². The number of benzene rings is 3. The molecule has 0 bridgehead atoms. The fraction of sp³-hybridized carbons (Fsp3) is 0.591. The van der Waals surface area contributed by atoms with E-state index < -0.39 is 7.28 Å². The molecule has 0 heterocycles. The van der Waals surface area contributed by atoms with E-state index in [-0.39, 0.29) is 32.5 Å². The van der Waals surface area contributed by atoms with Crippen LogP contribution in [-0.2, 0) is 32.5 Å². The topological polar surface area (TPSA) is 27.7 Å². The molecule has 3 aromatic carbocycles. The molecule has 3 rings (SSSR count). The number of rotatable bonds is 6. The van der Waals surface area contributed by atoms with E-state index >= 15 is 0 Å². The Labute approximate surface area is 295 Å². The zero-order chi connectivity index (χ0) is 37.1. The van der Waals surface area contributed by atoms with Crippen molar-refractivity contribution in [1.82, 2.24) is 0 Å². The van der Waals surface area contributed by atoms with Crippen molar-refractivity contribution in [3.8, 4) is 17.2 Å². The number of hydrogen-bond donors (Lipinski definition) is 0. The quantitative estimate of drug-likeness (QED) is 0.243. The summed E-state index contributed by atoms with van der Waals surface area (Å²) in [7, 11) is -4.01. The molecule has 268 valence electrons. The average Bonchev–Trinajstić information content (AvgIpc) is 2.85. The van der Waals surface area contributed by atoms with Crippen LogP contribution < -0.4 is 13.6 Å². The van der Waals surface area contributed by atoms with Crippen molar-refractivity contribution >= 4 is 7.28 Å². The van der Waals surface area contributed by atoms with E-state index in [0.717, 1.165) is 33.9 Å². The third-order valence-electron chi connectivity index (χ3n) is 9.03. The summed E-state index contributed by atoms with van der Waals surface area (Å²) in [4.78, 5) is 0. The summed E-state index contributed by atoms with van der Waals surface area (Å²) in [6, 6.07) is 19.9. The molecule has 0 aliphatic rings. The Kier molecular flexibility index (Phi) is 10.3. The predicted octanol–water partition coefficient (Wildman–Crippen LogP) is 13.6. The van der Waals surface area contributed by atoms with Crippen molar-refractivity contribution in [2.24, 2.45) is 0 Å². The molecule has 0 fully saturated rings. The SMILES string of the molecule is CC(C)(C)c1ccc(OP(C)(C)(Oc2ccc(C(C)(C)C)cc2C(C)(C)C)Oc2ccc(C(C)(C)C)cc2C(C)(C)C)c(C(C)(C)C)c1. The van der Waals surface area contributed by atoms with Crippen LogP contribution in [0.3, 0.4) is 0 Å². The van der Waals surface area contributed by atoms with Crippen molar-refractivity contribution in [2.45, 2.75) is 157 Å². The first-order valence-corrected chi connectivity index (χ1v) is 20.7. The van der Waals surface area contributed by atoms with Gasteiger partial charge in [0.05, 0.1) is 0 Å². The van der Waals surface area contributed by atoms with Gasteiger partial charge in [-0.1, -0.05) is 0 Å². The summed E-state index contributed by atoms with van der Waals surface area (Å²) < 4.78 is 22.0. The Balaban J connectivity index is 2.38. The van der Waals surface area contributed by atoms with Crippen molar-refractivity contribution < 1.29 is 13.6 Å². The molecule has 0 atom stereocenters. The molecular formula is C44H69O3P. The summed E-state index contributed by atoms with van der Waals surface area (Å²) >= 11 is 0. The monoisotopic (exact) mass is 676 g/mol. The average molecular weight is 677 g/mol. The van der Waals surface area contributed by atoms with Gasteiger partial charge in [0.2, 0.25) is 0 Å². The van der Waals surface area contributed by atoms with Crippen LogP contribution in [0, 0.1) is 0 Å². The van der Waals surface area contributed by atoms with E-state index in [9.17, 15) is 0 Å². The first-order valence-electron chi connectivity index (χ1n) is 17.8. The second-order valence-corrected chi connectivity index (χ2v) is 24.8. The van der Waals surface area contributed by atoms with E-state index in [1.807, 2.05) is 0 Å². The van der Waals surface area contributed by atoms with Gasteiger partial charge in [0.15, 0.2) is 0 Å². The van der Waals surface area contributed by atoms with Gasteiger partial charge >= 0.3 is 297 Å². The summed E-state index contributed by atoms with van der Waals surface area (Å²) in [5.74, 6) is 2.39. The first kappa shape index (κ1) is 39.9. The molecule has 0 saturated heterocycles. The van der Waals surface area contributed by atoms with E-state index in [0.29, 0.717) is 0 Å². The van der Waals surface area contributed by atoms with Crippen LogP contribution in [0.2, 0.25) is 0 Å². The van der Waals surface area contributed by atoms with E-state index in [1.165, 1.54) is 16.7 Å². The summed E-state index contributed by atoms with van der Waals surface area (Å²) in [6.45, 7) is 44.6. The number of hydrogen-bond acceptors (Lipinski definition) is 3. The zero-order valence-corrected chi connectivity index (χ0v) is 35.3. The molecule has 3 nitrogen and oxygen atoms in total. The molecule has 0 N–H and O–H groups in total. The van der Waals surface area contributed by atoms with Gasteiger partial charge < -0.3 is 0 Å². The Bertz CT molecular complexity index is 1420. The molecule has 0 aliphatic carbocycles. The molecule has 0 aromatic heterocycles. The van der Waals surface area contributed by atoms with E-state index in [2.05, 4.69) is 193 Å². The molecular weight excluding hydrogens is 607 g/mol. The summed E-state index contributed by atoms with van der Waals surface area (Å²) in [5, 5.41) is 0. The van der Waals surface area contributed by atoms with Crippen LogP contribution in [-0.4, -0.2) is 13.3 Å². The van der Waals surface area contributed by atoms with Crippen molar-refractivity contribution in [1.29, 1.82) is 0 Å². The maximum atomic E-state index is 7.34. The van der Waals surface area contributed by atoms with Gasteiger partial charge in [-0.15, -0.1) is 0 Å². The van der Waals surface area contributed by atoms with Gasteiger partial charge in [0.25, 0.3) is 0 Å². The van der Waals surface area contributed by atoms with E-state index in [4.69, 9.17) is 13.6 Å². The Morgan fingerprint density at radius 2 is 0.542 bits per heavy atom. The normalized spacial score (nSPS) is 14.7. The van der Waals surface area contributed by atoms with Crippen molar-refractivity contribution in [3.63, 3.8) is 0 Å². The zero-order valence-electron chi connectivity index (χ0n) is 34.4. The van der Waals surface area contributed by atoms with Gasteiger partial charge in [-0.2, -0.15) is 0 Å². The molecule has 0 radical (unpaired) electrons. The summed E-state index contributed by atoms with van der Waals surface area (Å²) in [5.41, 5.74) is 6.73. The van der Waals surface area contributed by atoms with Crippen LogP contribution in [0.25, 0.3) is 0 Å². The minimum absolute atomic E-state index is 0.00228. The third kappa shape index (κ3) is 9.59. The summed E-state index contributed by atoms with van der Waals surface area (Å²) in [6.07, 6.45) is 0. The maximum absolute atomic E-state index is 7.34. The molecule has 0 spiro atoms. The minimum atomic E-state index is -4.01. The molecule has 0 aliphatic heterocycles. The Morgan fingerprint density at radius 3 is 0.708 bits per heavy atom. The van der Waals surface area contributed by atoms with Gasteiger partial charge in [0, 0.05) is 0 Å². The molecule has 4 heteroatoms. The van der Waals surface area contributed by atoms with Crippen molar-refractivity contribution in [3.05, 3.63) is 88.0 Å². The second-order valence-electron chi connectivity index (χ2n) is 20.7. The Morgan fingerprint density at radius 1 is 0.333 bits per heavy atom. The van der Waals surface area contributed by atoms with Crippen LogP contribution >= 0.6 is 7.28 Å². The fourth-order valence-electron chi connectivity index (χ4n) is 5.87. The predicted molar refractivity (Wildman–Crippen MR) is 212 cm³/mol. The van der Waals surface area contributed by atoms with Crippen LogP contribution in [0.15, 0.2) is 54.6 Å². The molecule has 0 amide bonds. The van der Waals surface area contributed by atoms with Gasteiger partial charge in [0.1, 0.15) is 0 Å². The van der Waals surface area contributed by atoms with E-state index in [1.54, 1.807) is 0 Å². The molecule has 0 saturated carbocycles. The van der Waals surface area contributed by atoms with Crippen LogP contribution in [0.1, 0.15) is 158 Å². The fourth-order valence-corrected chi connectivity index (χ4v) is 8.12. The van der Waals surface area contributed by atoms with Crippen molar-refractivity contribution in [2.75, 3.05) is 13.3 Å². The molecule has 0 unspecified atom stereocenters. The van der Waals surface area contributed by atoms with Gasteiger partial charge in [-0.3, -0.25) is 0 Å². The second kappa shape index (κ2) is 12.4. The van der Waals surface area contributed by atoms with Crippen LogP contribution in [0.4, 0.5) is 0 Å². The Hall–Kier alpha value is -2.51. The first-order chi connectivity index (χ1) is 21.2. The third-order valence-corrected chi connectivity index (χ3v) is 11.2. The van der Waals surface area contributed by atoms with Crippen LogP contribution in [0.5, 0.6) is 17.2 Å². The standard InChI is InChI=1S/C44H69O3P/c1-39(2,3)30-21-24-36(33(27-30)42(10,11)12)45-48(19,20,46-37-25-22-31(40(4,5)6)28-34(37)43(13,14)15)47-38-26-23-32(41(7,8)9)29-35(38)44(16,17)18/h21-29H,1-20H3. The molecule has 3 aromatic rings.